The first-order valence-electron chi connectivity index (χ1n) is 11.3. The van der Waals surface area contributed by atoms with Crippen molar-refractivity contribution in [1.29, 1.82) is 0 Å². The van der Waals surface area contributed by atoms with E-state index < -0.39 is 5.60 Å². The van der Waals surface area contributed by atoms with E-state index in [2.05, 4.69) is 41.4 Å². The molecule has 0 radical (unpaired) electrons. The largest absolute Gasteiger partial charge is 0.444 e. The van der Waals surface area contributed by atoms with E-state index in [-0.39, 0.29) is 17.9 Å². The Labute approximate surface area is 180 Å². The number of amides is 2. The molecule has 2 fully saturated rings. The zero-order valence-electron chi connectivity index (χ0n) is 18.9. The van der Waals surface area contributed by atoms with Crippen molar-refractivity contribution in [3.63, 3.8) is 0 Å². The molecule has 6 heteroatoms. The zero-order valence-corrected chi connectivity index (χ0v) is 18.9. The molecule has 1 aromatic rings. The second kappa shape index (κ2) is 9.82. The number of benzene rings is 1. The van der Waals surface area contributed by atoms with Crippen molar-refractivity contribution in [1.82, 2.24) is 15.1 Å². The fourth-order valence-corrected chi connectivity index (χ4v) is 4.12. The lowest BCUT2D eigenvalue weighted by Crippen LogP contribution is -2.37. The van der Waals surface area contributed by atoms with Crippen molar-refractivity contribution >= 4 is 12.0 Å². The topological polar surface area (TPSA) is 61.9 Å². The van der Waals surface area contributed by atoms with Crippen LogP contribution in [-0.2, 0) is 22.6 Å². The van der Waals surface area contributed by atoms with Gasteiger partial charge < -0.3 is 15.0 Å². The lowest BCUT2D eigenvalue weighted by atomic mass is 9.98. The third kappa shape index (κ3) is 6.73. The predicted octanol–water partition coefficient (Wildman–Crippen LogP) is 3.79. The highest BCUT2D eigenvalue weighted by Gasteiger charge is 2.33. The van der Waals surface area contributed by atoms with E-state index in [9.17, 15) is 9.59 Å². The van der Waals surface area contributed by atoms with E-state index >= 15 is 0 Å². The summed E-state index contributed by atoms with van der Waals surface area (Å²) in [6.45, 7) is 12.7. The zero-order chi connectivity index (χ0) is 21.7. The molecule has 2 saturated heterocycles. The van der Waals surface area contributed by atoms with Gasteiger partial charge in [0.2, 0.25) is 5.91 Å². The van der Waals surface area contributed by atoms with Crippen LogP contribution in [-0.4, -0.2) is 53.6 Å². The molecule has 0 spiro atoms. The van der Waals surface area contributed by atoms with Crippen molar-refractivity contribution in [2.24, 2.45) is 11.8 Å². The molecular weight excluding hydrogens is 378 g/mol. The highest BCUT2D eigenvalue weighted by atomic mass is 16.6. The van der Waals surface area contributed by atoms with Gasteiger partial charge >= 0.3 is 6.09 Å². The SMILES string of the molecule is CC1CCN(Cc2cccc(CNC(=O)C3CCN(C(=O)OC(C)(C)C)C3)c2)CC1. The third-order valence-corrected chi connectivity index (χ3v) is 5.95. The lowest BCUT2D eigenvalue weighted by Gasteiger charge is -2.30. The van der Waals surface area contributed by atoms with Gasteiger partial charge in [-0.3, -0.25) is 9.69 Å². The minimum atomic E-state index is -0.519. The number of carbonyl (C=O) groups excluding carboxylic acids is 2. The molecule has 1 atom stereocenters. The Kier molecular flexibility index (Phi) is 7.40. The number of ether oxygens (including phenoxy) is 1. The van der Waals surface area contributed by atoms with Crippen LogP contribution in [0.4, 0.5) is 4.79 Å². The van der Waals surface area contributed by atoms with E-state index in [0.717, 1.165) is 31.1 Å². The minimum absolute atomic E-state index is 0.0106. The molecule has 1 N–H and O–H groups in total. The van der Waals surface area contributed by atoms with Gasteiger partial charge in [0.25, 0.3) is 0 Å². The number of likely N-dealkylation sites (tertiary alicyclic amines) is 2. The summed E-state index contributed by atoms with van der Waals surface area (Å²) in [4.78, 5) is 29.0. The van der Waals surface area contributed by atoms with E-state index in [0.29, 0.717) is 26.1 Å². The van der Waals surface area contributed by atoms with Crippen LogP contribution in [0.1, 0.15) is 58.1 Å². The molecular formula is C24H37N3O3. The first kappa shape index (κ1) is 22.6. The molecule has 1 aromatic carbocycles. The van der Waals surface area contributed by atoms with Crippen molar-refractivity contribution in [3.8, 4) is 0 Å². The summed E-state index contributed by atoms with van der Waals surface area (Å²) < 4.78 is 5.41. The van der Waals surface area contributed by atoms with Gasteiger partial charge in [0.1, 0.15) is 5.60 Å². The van der Waals surface area contributed by atoms with Gasteiger partial charge in [-0.15, -0.1) is 0 Å². The molecule has 0 aliphatic carbocycles. The summed E-state index contributed by atoms with van der Waals surface area (Å²) in [5.41, 5.74) is 1.90. The second-order valence-electron chi connectivity index (χ2n) is 9.91. The molecule has 0 aromatic heterocycles. The van der Waals surface area contributed by atoms with Crippen LogP contribution in [0.5, 0.6) is 0 Å². The first-order chi connectivity index (χ1) is 14.2. The summed E-state index contributed by atoms with van der Waals surface area (Å²) in [5, 5.41) is 3.05. The highest BCUT2D eigenvalue weighted by molar-refractivity contribution is 5.80. The summed E-state index contributed by atoms with van der Waals surface area (Å²) in [5.74, 6) is 0.678. The van der Waals surface area contributed by atoms with E-state index in [1.54, 1.807) is 4.90 Å². The van der Waals surface area contributed by atoms with Gasteiger partial charge in [0.15, 0.2) is 0 Å². The van der Waals surface area contributed by atoms with Crippen LogP contribution in [0.25, 0.3) is 0 Å². The summed E-state index contributed by atoms with van der Waals surface area (Å²) in [7, 11) is 0. The normalized spacial score (nSPS) is 20.9. The van der Waals surface area contributed by atoms with Crippen LogP contribution in [0.3, 0.4) is 0 Å². The molecule has 0 bridgehead atoms. The Balaban J connectivity index is 1.45. The quantitative estimate of drug-likeness (QED) is 0.795. The number of hydrogen-bond donors (Lipinski definition) is 1. The van der Waals surface area contributed by atoms with Crippen LogP contribution >= 0.6 is 0 Å². The molecule has 6 nitrogen and oxygen atoms in total. The van der Waals surface area contributed by atoms with Crippen molar-refractivity contribution in [2.75, 3.05) is 26.2 Å². The average molecular weight is 416 g/mol. The number of rotatable bonds is 5. The standard InChI is InChI=1S/C24H37N3O3/c1-18-8-11-26(12-9-18)16-20-7-5-6-19(14-20)15-25-22(28)21-10-13-27(17-21)23(29)30-24(2,3)4/h5-7,14,18,21H,8-13,15-17H2,1-4H3,(H,25,28). The Morgan fingerprint density at radius 3 is 2.50 bits per heavy atom. The van der Waals surface area contributed by atoms with E-state index in [1.807, 2.05) is 20.8 Å². The maximum absolute atomic E-state index is 12.6. The smallest absolute Gasteiger partial charge is 0.410 e. The van der Waals surface area contributed by atoms with Crippen LogP contribution in [0.2, 0.25) is 0 Å². The van der Waals surface area contributed by atoms with Gasteiger partial charge in [-0.1, -0.05) is 31.2 Å². The number of nitrogens with one attached hydrogen (secondary N) is 1. The van der Waals surface area contributed by atoms with Crippen LogP contribution < -0.4 is 5.32 Å². The molecule has 2 aliphatic rings. The van der Waals surface area contributed by atoms with Crippen LogP contribution in [0.15, 0.2) is 24.3 Å². The Morgan fingerprint density at radius 2 is 1.80 bits per heavy atom. The van der Waals surface area contributed by atoms with Crippen molar-refractivity contribution in [2.45, 2.75) is 65.6 Å². The number of carbonyl (C=O) groups is 2. The van der Waals surface area contributed by atoms with Gasteiger partial charge in [0, 0.05) is 26.2 Å². The molecule has 2 aliphatic heterocycles. The molecule has 2 heterocycles. The summed E-state index contributed by atoms with van der Waals surface area (Å²) in [6, 6.07) is 8.49. The molecule has 1 unspecified atom stereocenters. The Morgan fingerprint density at radius 1 is 1.10 bits per heavy atom. The summed E-state index contributed by atoms with van der Waals surface area (Å²) in [6.07, 6.45) is 2.89. The fourth-order valence-electron chi connectivity index (χ4n) is 4.12. The van der Waals surface area contributed by atoms with E-state index in [4.69, 9.17) is 4.74 Å². The van der Waals surface area contributed by atoms with Gasteiger partial charge in [-0.25, -0.2) is 4.79 Å². The Hall–Kier alpha value is -2.08. The monoisotopic (exact) mass is 415 g/mol. The Bertz CT molecular complexity index is 735. The van der Waals surface area contributed by atoms with Crippen molar-refractivity contribution in [3.05, 3.63) is 35.4 Å². The number of hydrogen-bond acceptors (Lipinski definition) is 4. The first-order valence-corrected chi connectivity index (χ1v) is 11.3. The van der Waals surface area contributed by atoms with Gasteiger partial charge in [0.05, 0.1) is 5.92 Å². The third-order valence-electron chi connectivity index (χ3n) is 5.95. The molecule has 30 heavy (non-hydrogen) atoms. The average Bonchev–Trinajstić information content (AvgIpc) is 3.18. The molecule has 2 amide bonds. The van der Waals surface area contributed by atoms with Crippen molar-refractivity contribution < 1.29 is 14.3 Å². The lowest BCUT2D eigenvalue weighted by molar-refractivity contribution is -0.124. The number of piperidine rings is 1. The number of nitrogens with zero attached hydrogens (tertiary/aromatic N) is 2. The maximum Gasteiger partial charge on any atom is 0.410 e. The second-order valence-corrected chi connectivity index (χ2v) is 9.91. The summed E-state index contributed by atoms with van der Waals surface area (Å²) >= 11 is 0. The van der Waals surface area contributed by atoms with E-state index in [1.165, 1.54) is 18.4 Å². The maximum atomic E-state index is 12.6. The molecule has 0 saturated carbocycles. The van der Waals surface area contributed by atoms with Gasteiger partial charge in [-0.2, -0.15) is 0 Å². The fraction of sp³-hybridized carbons (Fsp3) is 0.667. The molecule has 3 rings (SSSR count). The molecule has 166 valence electrons. The van der Waals surface area contributed by atoms with Crippen LogP contribution in [0, 0.1) is 11.8 Å². The minimum Gasteiger partial charge on any atom is -0.444 e. The van der Waals surface area contributed by atoms with Gasteiger partial charge in [-0.05, 0) is 70.2 Å². The highest BCUT2D eigenvalue weighted by Crippen LogP contribution is 2.21. The predicted molar refractivity (Wildman–Crippen MR) is 118 cm³/mol.